The van der Waals surface area contributed by atoms with Gasteiger partial charge in [0.15, 0.2) is 0 Å². The Labute approximate surface area is 91.2 Å². The van der Waals surface area contributed by atoms with Crippen LogP contribution in [0.15, 0.2) is 0 Å². The molecule has 0 aromatic rings. The summed E-state index contributed by atoms with van der Waals surface area (Å²) in [6.07, 6.45) is 4.98. The summed E-state index contributed by atoms with van der Waals surface area (Å²) in [5.41, 5.74) is 0. The van der Waals surface area contributed by atoms with Crippen LogP contribution in [0, 0.1) is 0 Å². The zero-order valence-electron chi connectivity index (χ0n) is 8.56. The summed E-state index contributed by atoms with van der Waals surface area (Å²) in [7, 11) is 0. The third kappa shape index (κ3) is 6.91. The van der Waals surface area contributed by atoms with Crippen molar-refractivity contribution in [2.75, 3.05) is 38.3 Å². The summed E-state index contributed by atoms with van der Waals surface area (Å²) < 4.78 is 0. The fourth-order valence-corrected chi connectivity index (χ4v) is 5.40. The van der Waals surface area contributed by atoms with E-state index < -0.39 is 6.04 Å². The van der Waals surface area contributed by atoms with Gasteiger partial charge in [0.05, 0.1) is 0 Å². The van der Waals surface area contributed by atoms with Gasteiger partial charge in [0.25, 0.3) is 0 Å². The topological polar surface area (TPSA) is 60.7 Å². The van der Waals surface area contributed by atoms with Crippen molar-refractivity contribution in [3.05, 3.63) is 0 Å². The Morgan fingerprint density at radius 2 is 1.00 bits per heavy atom. The predicted octanol–water partition coefficient (Wildman–Crippen LogP) is 0.613. The SMILES string of the molecule is OCCCP(=S)(CCCO)CCCO. The van der Waals surface area contributed by atoms with Gasteiger partial charge in [-0.25, -0.2) is 0 Å². The summed E-state index contributed by atoms with van der Waals surface area (Å²) >= 11 is 5.58. The van der Waals surface area contributed by atoms with Gasteiger partial charge >= 0.3 is 0 Å². The van der Waals surface area contributed by atoms with Crippen molar-refractivity contribution in [3.63, 3.8) is 0 Å². The monoisotopic (exact) mass is 240 g/mol. The van der Waals surface area contributed by atoms with Crippen LogP contribution in [0.3, 0.4) is 0 Å². The number of aliphatic hydroxyl groups excluding tert-OH is 3. The molecule has 0 aliphatic rings. The third-order valence-corrected chi connectivity index (χ3v) is 7.21. The molecule has 0 saturated heterocycles. The lowest BCUT2D eigenvalue weighted by Gasteiger charge is -2.21. The molecule has 14 heavy (non-hydrogen) atoms. The van der Waals surface area contributed by atoms with Gasteiger partial charge < -0.3 is 15.3 Å². The molecule has 0 spiro atoms. The molecular weight excluding hydrogens is 219 g/mol. The average molecular weight is 240 g/mol. The Bertz CT molecular complexity index is 147. The molecule has 0 heterocycles. The second-order valence-corrected chi connectivity index (χ2v) is 9.24. The summed E-state index contributed by atoms with van der Waals surface area (Å²) in [5.74, 6) is 0. The minimum Gasteiger partial charge on any atom is -0.396 e. The van der Waals surface area contributed by atoms with Crippen LogP contribution in [0.4, 0.5) is 0 Å². The van der Waals surface area contributed by atoms with E-state index in [9.17, 15) is 0 Å². The molecule has 86 valence electrons. The van der Waals surface area contributed by atoms with Crippen molar-refractivity contribution in [3.8, 4) is 0 Å². The van der Waals surface area contributed by atoms with Crippen molar-refractivity contribution in [1.82, 2.24) is 0 Å². The molecule has 5 heteroatoms. The maximum Gasteiger partial charge on any atom is 0.0434 e. The number of rotatable bonds is 9. The minimum absolute atomic E-state index is 0.191. The van der Waals surface area contributed by atoms with Gasteiger partial charge in [0, 0.05) is 19.8 Å². The minimum atomic E-state index is -1.42. The van der Waals surface area contributed by atoms with E-state index in [-0.39, 0.29) is 19.8 Å². The van der Waals surface area contributed by atoms with Gasteiger partial charge in [0.2, 0.25) is 0 Å². The molecule has 0 fully saturated rings. The van der Waals surface area contributed by atoms with Crippen LogP contribution in [0.1, 0.15) is 19.3 Å². The van der Waals surface area contributed by atoms with E-state index in [1.165, 1.54) is 0 Å². The molecule has 0 aliphatic carbocycles. The van der Waals surface area contributed by atoms with Crippen molar-refractivity contribution in [2.45, 2.75) is 19.3 Å². The van der Waals surface area contributed by atoms with Crippen LogP contribution in [-0.4, -0.2) is 53.6 Å². The van der Waals surface area contributed by atoms with Gasteiger partial charge in [-0.15, -0.1) is 0 Å². The van der Waals surface area contributed by atoms with Crippen LogP contribution < -0.4 is 0 Å². The third-order valence-electron chi connectivity index (χ3n) is 2.17. The van der Waals surface area contributed by atoms with Crippen molar-refractivity contribution < 1.29 is 15.3 Å². The molecular formula is C9H21O3PS. The molecule has 0 aliphatic heterocycles. The Balaban J connectivity index is 3.97. The first-order chi connectivity index (χ1) is 6.68. The quantitative estimate of drug-likeness (QED) is 0.517. The average Bonchev–Trinajstić information content (AvgIpc) is 2.21. The van der Waals surface area contributed by atoms with Gasteiger partial charge in [-0.05, 0) is 43.8 Å². The van der Waals surface area contributed by atoms with Gasteiger partial charge in [-0.3, -0.25) is 0 Å². The van der Waals surface area contributed by atoms with E-state index in [1.54, 1.807) is 0 Å². The van der Waals surface area contributed by atoms with Crippen LogP contribution in [0.25, 0.3) is 0 Å². The van der Waals surface area contributed by atoms with E-state index >= 15 is 0 Å². The second-order valence-electron chi connectivity index (χ2n) is 3.46. The zero-order chi connectivity index (χ0) is 10.9. The van der Waals surface area contributed by atoms with Gasteiger partial charge in [-0.2, -0.15) is 0 Å². The first-order valence-corrected chi connectivity index (χ1v) is 8.44. The lowest BCUT2D eigenvalue weighted by atomic mass is 10.5. The molecule has 0 aromatic heterocycles. The lowest BCUT2D eigenvalue weighted by Crippen LogP contribution is -2.04. The van der Waals surface area contributed by atoms with Crippen LogP contribution >= 0.6 is 6.04 Å². The molecule has 0 amide bonds. The number of hydrogen-bond donors (Lipinski definition) is 3. The van der Waals surface area contributed by atoms with E-state index in [0.717, 1.165) is 37.7 Å². The standard InChI is InChI=1S/C9H21O3PS/c10-4-1-7-13(14,8-2-5-11)9-3-6-12/h10-12H,1-9H2. The molecule has 3 N–H and O–H groups in total. The number of hydrogen-bond acceptors (Lipinski definition) is 4. The highest BCUT2D eigenvalue weighted by Gasteiger charge is 2.15. The van der Waals surface area contributed by atoms with Crippen molar-refractivity contribution in [1.29, 1.82) is 0 Å². The molecule has 0 aromatic carbocycles. The highest BCUT2D eigenvalue weighted by Crippen LogP contribution is 2.47. The molecule has 0 atom stereocenters. The summed E-state index contributed by atoms with van der Waals surface area (Å²) in [6.45, 7) is 0.573. The first-order valence-electron chi connectivity index (χ1n) is 5.08. The highest BCUT2D eigenvalue weighted by molar-refractivity contribution is 8.14. The summed E-state index contributed by atoms with van der Waals surface area (Å²) in [5, 5.41) is 26.3. The van der Waals surface area contributed by atoms with E-state index in [0.29, 0.717) is 0 Å². The van der Waals surface area contributed by atoms with E-state index in [1.807, 2.05) is 0 Å². The molecule has 3 nitrogen and oxygen atoms in total. The largest absolute Gasteiger partial charge is 0.396 e. The van der Waals surface area contributed by atoms with Crippen LogP contribution in [-0.2, 0) is 11.8 Å². The van der Waals surface area contributed by atoms with E-state index in [4.69, 9.17) is 27.1 Å². The van der Waals surface area contributed by atoms with Crippen molar-refractivity contribution in [2.24, 2.45) is 0 Å². The smallest absolute Gasteiger partial charge is 0.0434 e. The molecule has 0 rings (SSSR count). The summed E-state index contributed by atoms with van der Waals surface area (Å²) in [4.78, 5) is 0. The summed E-state index contributed by atoms with van der Waals surface area (Å²) in [6, 6.07) is -1.42. The predicted molar refractivity (Wildman–Crippen MR) is 64.0 cm³/mol. The first kappa shape index (κ1) is 14.5. The Hall–Kier alpha value is 0.530. The Morgan fingerprint density at radius 3 is 1.21 bits per heavy atom. The lowest BCUT2D eigenvalue weighted by molar-refractivity contribution is 0.292. The van der Waals surface area contributed by atoms with E-state index in [2.05, 4.69) is 0 Å². The Kier molecular flexibility index (Phi) is 9.14. The molecule has 0 saturated carbocycles. The van der Waals surface area contributed by atoms with Crippen molar-refractivity contribution >= 4 is 17.8 Å². The van der Waals surface area contributed by atoms with Crippen LogP contribution in [0.2, 0.25) is 0 Å². The maximum absolute atomic E-state index is 8.75. The number of aliphatic hydroxyl groups is 3. The normalized spacial score (nSPS) is 11.9. The molecule has 0 bridgehead atoms. The van der Waals surface area contributed by atoms with Gasteiger partial charge in [-0.1, -0.05) is 11.8 Å². The molecule has 0 unspecified atom stereocenters. The zero-order valence-corrected chi connectivity index (χ0v) is 10.3. The highest BCUT2D eigenvalue weighted by atomic mass is 32.4. The fourth-order valence-electron chi connectivity index (χ4n) is 1.41. The van der Waals surface area contributed by atoms with Crippen LogP contribution in [0.5, 0.6) is 0 Å². The second kappa shape index (κ2) is 8.81. The maximum atomic E-state index is 8.75. The fraction of sp³-hybridized carbons (Fsp3) is 1.00. The van der Waals surface area contributed by atoms with Gasteiger partial charge in [0.1, 0.15) is 0 Å². The molecule has 0 radical (unpaired) electrons. The Morgan fingerprint density at radius 1 is 0.714 bits per heavy atom.